The molecule has 0 spiro atoms. The molecule has 1 aromatic heterocycles. The van der Waals surface area contributed by atoms with Gasteiger partial charge in [-0.3, -0.25) is 4.79 Å². The maximum absolute atomic E-state index is 12.4. The zero-order valence-electron chi connectivity index (χ0n) is 14.3. The number of benzene rings is 2. The number of carbonyl (C=O) groups is 1. The summed E-state index contributed by atoms with van der Waals surface area (Å²) in [7, 11) is 1.66. The lowest BCUT2D eigenvalue weighted by molar-refractivity contribution is 0.0954. The minimum absolute atomic E-state index is 0.0509. The first kappa shape index (κ1) is 16.1. The Morgan fingerprint density at radius 1 is 1.17 bits per heavy atom. The number of H-pyrrole nitrogens is 1. The van der Waals surface area contributed by atoms with E-state index < -0.39 is 0 Å². The number of nitrogens with one attached hydrogen (secondary N) is 2. The van der Waals surface area contributed by atoms with Gasteiger partial charge in [-0.15, -0.1) is 0 Å². The van der Waals surface area contributed by atoms with Crippen molar-refractivity contribution in [3.63, 3.8) is 0 Å². The fourth-order valence-corrected chi connectivity index (χ4v) is 2.92. The Labute approximate surface area is 141 Å². The van der Waals surface area contributed by atoms with Crippen LogP contribution in [0.15, 0.2) is 42.5 Å². The number of aromatic nitrogens is 1. The van der Waals surface area contributed by atoms with Crippen LogP contribution in [0.25, 0.3) is 10.9 Å². The molecule has 1 amide bonds. The summed E-state index contributed by atoms with van der Waals surface area (Å²) in [5.41, 5.74) is 5.17. The van der Waals surface area contributed by atoms with E-state index in [1.165, 1.54) is 5.56 Å². The van der Waals surface area contributed by atoms with E-state index in [2.05, 4.69) is 17.2 Å². The molecule has 0 bridgehead atoms. The second kappa shape index (κ2) is 6.79. The molecule has 0 atom stereocenters. The molecule has 4 nitrogen and oxygen atoms in total. The van der Waals surface area contributed by atoms with Gasteiger partial charge in [-0.25, -0.2) is 0 Å². The summed E-state index contributed by atoms with van der Waals surface area (Å²) in [4.78, 5) is 15.7. The highest BCUT2D eigenvalue weighted by Gasteiger charge is 2.10. The summed E-state index contributed by atoms with van der Waals surface area (Å²) in [6.45, 7) is 4.68. The number of aromatic amines is 1. The molecule has 3 rings (SSSR count). The van der Waals surface area contributed by atoms with Crippen LogP contribution in [-0.4, -0.2) is 24.5 Å². The molecule has 124 valence electrons. The molecule has 3 aromatic rings. The highest BCUT2D eigenvalue weighted by molar-refractivity contribution is 5.99. The fourth-order valence-electron chi connectivity index (χ4n) is 2.92. The predicted octanol–water partition coefficient (Wildman–Crippen LogP) is 3.77. The van der Waals surface area contributed by atoms with Crippen LogP contribution >= 0.6 is 0 Å². The summed E-state index contributed by atoms with van der Waals surface area (Å²) < 4.78 is 5.33. The van der Waals surface area contributed by atoms with E-state index in [4.69, 9.17) is 4.74 Å². The van der Waals surface area contributed by atoms with Gasteiger partial charge in [0.1, 0.15) is 5.75 Å². The van der Waals surface area contributed by atoms with Gasteiger partial charge in [-0.1, -0.05) is 18.2 Å². The lowest BCUT2D eigenvalue weighted by Crippen LogP contribution is -2.25. The van der Waals surface area contributed by atoms with E-state index in [-0.39, 0.29) is 5.91 Å². The van der Waals surface area contributed by atoms with Gasteiger partial charge < -0.3 is 15.0 Å². The molecule has 1 heterocycles. The van der Waals surface area contributed by atoms with E-state index in [9.17, 15) is 4.79 Å². The Morgan fingerprint density at radius 3 is 2.75 bits per heavy atom. The van der Waals surface area contributed by atoms with E-state index in [1.807, 2.05) is 49.4 Å². The van der Waals surface area contributed by atoms with Crippen LogP contribution < -0.4 is 10.1 Å². The second-order valence-electron chi connectivity index (χ2n) is 5.95. The van der Waals surface area contributed by atoms with Crippen LogP contribution in [0.5, 0.6) is 5.75 Å². The van der Waals surface area contributed by atoms with Gasteiger partial charge in [0, 0.05) is 28.7 Å². The van der Waals surface area contributed by atoms with Crippen molar-refractivity contribution in [2.24, 2.45) is 0 Å². The number of hydrogen-bond donors (Lipinski definition) is 2. The normalized spacial score (nSPS) is 10.8. The van der Waals surface area contributed by atoms with Crippen LogP contribution in [0.2, 0.25) is 0 Å². The molecular formula is C20H22N2O2. The van der Waals surface area contributed by atoms with Gasteiger partial charge in [-0.05, 0) is 55.7 Å². The average molecular weight is 322 g/mol. The molecule has 0 saturated carbocycles. The topological polar surface area (TPSA) is 54.1 Å². The molecule has 24 heavy (non-hydrogen) atoms. The molecule has 4 heteroatoms. The number of aryl methyl sites for hydroxylation is 2. The summed E-state index contributed by atoms with van der Waals surface area (Å²) in [6.07, 6.45) is 0.736. The number of fused-ring (bicyclic) bond motifs is 1. The Balaban J connectivity index is 1.68. The summed E-state index contributed by atoms with van der Waals surface area (Å²) in [5.74, 6) is 0.802. The fraction of sp³-hybridized carbons (Fsp3) is 0.250. The number of para-hydroxylation sites is 1. The number of carbonyl (C=O) groups excluding carboxylic acids is 1. The van der Waals surface area contributed by atoms with E-state index in [0.29, 0.717) is 12.1 Å². The SMILES string of the molecule is COc1ccccc1CCNC(=O)c1ccc2[nH]c(C)c(C)c2c1. The van der Waals surface area contributed by atoms with Gasteiger partial charge in [0.05, 0.1) is 7.11 Å². The molecule has 0 aliphatic carbocycles. The van der Waals surface area contributed by atoms with Gasteiger partial charge in [0.15, 0.2) is 0 Å². The molecule has 2 N–H and O–H groups in total. The van der Waals surface area contributed by atoms with Crippen molar-refractivity contribution in [1.82, 2.24) is 10.3 Å². The first-order chi connectivity index (χ1) is 11.6. The van der Waals surface area contributed by atoms with Crippen LogP contribution in [0.4, 0.5) is 0 Å². The lowest BCUT2D eigenvalue weighted by Gasteiger charge is -2.09. The minimum atomic E-state index is -0.0509. The molecule has 0 fully saturated rings. The van der Waals surface area contributed by atoms with Crippen LogP contribution in [0.1, 0.15) is 27.2 Å². The number of methoxy groups -OCH3 is 1. The molecular weight excluding hydrogens is 300 g/mol. The molecule has 2 aromatic carbocycles. The third-order valence-electron chi connectivity index (χ3n) is 4.44. The zero-order valence-corrected chi connectivity index (χ0v) is 14.3. The zero-order chi connectivity index (χ0) is 17.1. The predicted molar refractivity (Wildman–Crippen MR) is 96.8 cm³/mol. The molecule has 0 aliphatic rings. The van der Waals surface area contributed by atoms with Gasteiger partial charge in [-0.2, -0.15) is 0 Å². The first-order valence-corrected chi connectivity index (χ1v) is 8.09. The lowest BCUT2D eigenvalue weighted by atomic mass is 10.1. The quantitative estimate of drug-likeness (QED) is 0.751. The van der Waals surface area contributed by atoms with Crippen LogP contribution in [-0.2, 0) is 6.42 Å². The van der Waals surface area contributed by atoms with Gasteiger partial charge in [0.2, 0.25) is 0 Å². The molecule has 0 saturated heterocycles. The third kappa shape index (κ3) is 3.13. The average Bonchev–Trinajstić information content (AvgIpc) is 2.89. The molecule has 0 unspecified atom stereocenters. The van der Waals surface area contributed by atoms with E-state index in [1.54, 1.807) is 7.11 Å². The number of amides is 1. The van der Waals surface area contributed by atoms with Crippen LogP contribution in [0, 0.1) is 13.8 Å². The summed E-state index contributed by atoms with van der Waals surface area (Å²) in [6, 6.07) is 13.6. The smallest absolute Gasteiger partial charge is 0.251 e. The second-order valence-corrected chi connectivity index (χ2v) is 5.95. The third-order valence-corrected chi connectivity index (χ3v) is 4.44. The van der Waals surface area contributed by atoms with Crippen molar-refractivity contribution in [3.8, 4) is 5.75 Å². The van der Waals surface area contributed by atoms with Crippen molar-refractivity contribution in [1.29, 1.82) is 0 Å². The van der Waals surface area contributed by atoms with Crippen molar-refractivity contribution in [2.45, 2.75) is 20.3 Å². The number of ether oxygens (including phenoxy) is 1. The standard InChI is InChI=1S/C20H22N2O2/c1-13-14(2)22-18-9-8-16(12-17(13)18)20(23)21-11-10-15-6-4-5-7-19(15)24-3/h4-9,12,22H,10-11H2,1-3H3,(H,21,23). The highest BCUT2D eigenvalue weighted by Crippen LogP contribution is 2.22. The van der Waals surface area contributed by atoms with Gasteiger partial charge >= 0.3 is 0 Å². The van der Waals surface area contributed by atoms with Crippen molar-refractivity contribution >= 4 is 16.8 Å². The Morgan fingerprint density at radius 2 is 1.96 bits per heavy atom. The Kier molecular flexibility index (Phi) is 4.56. The van der Waals surface area contributed by atoms with Crippen molar-refractivity contribution in [3.05, 3.63) is 64.8 Å². The van der Waals surface area contributed by atoms with Crippen molar-refractivity contribution in [2.75, 3.05) is 13.7 Å². The number of rotatable bonds is 5. The van der Waals surface area contributed by atoms with E-state index >= 15 is 0 Å². The van der Waals surface area contributed by atoms with E-state index in [0.717, 1.165) is 34.3 Å². The first-order valence-electron chi connectivity index (χ1n) is 8.09. The van der Waals surface area contributed by atoms with Crippen LogP contribution in [0.3, 0.4) is 0 Å². The largest absolute Gasteiger partial charge is 0.496 e. The molecule has 0 radical (unpaired) electrons. The maximum atomic E-state index is 12.4. The monoisotopic (exact) mass is 322 g/mol. The Hall–Kier alpha value is -2.75. The Bertz CT molecular complexity index is 880. The van der Waals surface area contributed by atoms with Gasteiger partial charge in [0.25, 0.3) is 5.91 Å². The highest BCUT2D eigenvalue weighted by atomic mass is 16.5. The minimum Gasteiger partial charge on any atom is -0.496 e. The maximum Gasteiger partial charge on any atom is 0.251 e. The summed E-state index contributed by atoms with van der Waals surface area (Å²) >= 11 is 0. The van der Waals surface area contributed by atoms with Crippen molar-refractivity contribution < 1.29 is 9.53 Å². The molecule has 0 aliphatic heterocycles. The summed E-state index contributed by atoms with van der Waals surface area (Å²) in [5, 5.41) is 4.09. The number of hydrogen-bond acceptors (Lipinski definition) is 2.